The van der Waals surface area contributed by atoms with Crippen molar-refractivity contribution in [3.8, 4) is 0 Å². The van der Waals surface area contributed by atoms with Crippen LogP contribution in [-0.2, 0) is 0 Å². The number of halogens is 1. The molecule has 0 aromatic rings. The van der Waals surface area contributed by atoms with Crippen LogP contribution in [-0.4, -0.2) is 4.43 Å². The van der Waals surface area contributed by atoms with Crippen LogP contribution in [0.25, 0.3) is 0 Å². The van der Waals surface area contributed by atoms with Gasteiger partial charge in [-0.1, -0.05) is 80.9 Å². The first kappa shape index (κ1) is 12.8. The van der Waals surface area contributed by atoms with E-state index in [1.165, 1.54) is 62.2 Å². The van der Waals surface area contributed by atoms with Crippen LogP contribution in [0.3, 0.4) is 0 Å². The zero-order valence-corrected chi connectivity index (χ0v) is 11.8. The van der Waals surface area contributed by atoms with Gasteiger partial charge in [-0.25, -0.2) is 0 Å². The number of hydrogen-bond acceptors (Lipinski definition) is 0. The smallest absolute Gasteiger partial charge is 0.000209 e. The lowest BCUT2D eigenvalue weighted by Gasteiger charge is -2.28. The molecule has 0 aliphatic heterocycles. The molecule has 1 fully saturated rings. The highest BCUT2D eigenvalue weighted by Gasteiger charge is 2.19. The molecular weight excluding hydrogens is 283 g/mol. The minimum Gasteiger partial charge on any atom is -0.0864 e. The van der Waals surface area contributed by atoms with Gasteiger partial charge in [0.2, 0.25) is 0 Å². The Morgan fingerprint density at radius 3 is 2.00 bits per heavy atom. The maximum Gasteiger partial charge on any atom is -0.000209 e. The van der Waals surface area contributed by atoms with Gasteiger partial charge in [0.25, 0.3) is 0 Å². The van der Waals surface area contributed by atoms with Gasteiger partial charge in [-0.3, -0.25) is 0 Å². The van der Waals surface area contributed by atoms with Crippen molar-refractivity contribution in [2.45, 2.75) is 64.7 Å². The van der Waals surface area contributed by atoms with Crippen LogP contribution < -0.4 is 0 Å². The van der Waals surface area contributed by atoms with Gasteiger partial charge in [0.15, 0.2) is 0 Å². The first-order valence-electron chi connectivity index (χ1n) is 6.42. The molecule has 1 aliphatic rings. The zero-order valence-electron chi connectivity index (χ0n) is 9.60. The zero-order chi connectivity index (χ0) is 10.2. The minimum absolute atomic E-state index is 1.08. The molecule has 0 spiro atoms. The topological polar surface area (TPSA) is 0 Å². The van der Waals surface area contributed by atoms with E-state index in [0.717, 1.165) is 11.8 Å². The normalized spacial score (nSPS) is 27.9. The van der Waals surface area contributed by atoms with Crippen molar-refractivity contribution in [3.63, 3.8) is 0 Å². The Bertz CT molecular complexity index is 125. The summed E-state index contributed by atoms with van der Waals surface area (Å²) in [6, 6.07) is 0. The highest BCUT2D eigenvalue weighted by molar-refractivity contribution is 14.1. The number of unbranched alkanes of at least 4 members (excludes halogenated alkanes) is 2. The summed E-state index contributed by atoms with van der Waals surface area (Å²) in [5.74, 6) is 2.17. The Morgan fingerprint density at radius 2 is 1.50 bits per heavy atom. The molecule has 0 saturated heterocycles. The molecule has 0 unspecified atom stereocenters. The SMILES string of the molecule is CCCCC[C@H]1CC[C@H](CCI)CC1. The van der Waals surface area contributed by atoms with Crippen molar-refractivity contribution >= 4 is 22.6 Å². The molecule has 1 aliphatic carbocycles. The lowest BCUT2D eigenvalue weighted by Crippen LogP contribution is -2.14. The molecule has 0 bridgehead atoms. The summed E-state index contributed by atoms with van der Waals surface area (Å²) in [4.78, 5) is 0. The maximum absolute atomic E-state index is 2.52. The Labute approximate surface area is 103 Å². The van der Waals surface area contributed by atoms with Crippen molar-refractivity contribution in [3.05, 3.63) is 0 Å². The molecule has 0 amide bonds. The fourth-order valence-electron chi connectivity index (χ4n) is 2.65. The lowest BCUT2D eigenvalue weighted by molar-refractivity contribution is 0.256. The highest BCUT2D eigenvalue weighted by Crippen LogP contribution is 2.33. The van der Waals surface area contributed by atoms with E-state index in [0.29, 0.717) is 0 Å². The molecule has 0 aromatic heterocycles. The molecule has 0 atom stereocenters. The maximum atomic E-state index is 2.52. The third kappa shape index (κ3) is 4.99. The average Bonchev–Trinajstić information content (AvgIpc) is 2.21. The molecule has 0 N–H and O–H groups in total. The second kappa shape index (κ2) is 7.95. The molecule has 0 aromatic carbocycles. The predicted octanol–water partition coefficient (Wildman–Crippen LogP) is 5.20. The Morgan fingerprint density at radius 1 is 0.929 bits per heavy atom. The second-order valence-electron chi connectivity index (χ2n) is 4.86. The van der Waals surface area contributed by atoms with E-state index < -0.39 is 0 Å². The van der Waals surface area contributed by atoms with Gasteiger partial charge >= 0.3 is 0 Å². The van der Waals surface area contributed by atoms with E-state index in [1.807, 2.05) is 0 Å². The molecule has 14 heavy (non-hydrogen) atoms. The standard InChI is InChI=1S/C13H25I/c1-2-3-4-5-12-6-8-13(9-7-12)10-11-14/h12-13H,2-11H2,1H3/t12-,13-. The molecule has 84 valence electrons. The fraction of sp³-hybridized carbons (Fsp3) is 1.00. The molecule has 0 nitrogen and oxygen atoms in total. The predicted molar refractivity (Wildman–Crippen MR) is 73.1 cm³/mol. The van der Waals surface area contributed by atoms with E-state index in [9.17, 15) is 0 Å². The average molecular weight is 308 g/mol. The molecule has 0 heterocycles. The lowest BCUT2D eigenvalue weighted by atomic mass is 9.79. The van der Waals surface area contributed by atoms with Gasteiger partial charge < -0.3 is 0 Å². The monoisotopic (exact) mass is 308 g/mol. The number of alkyl halides is 1. The molecule has 0 radical (unpaired) electrons. The number of rotatable bonds is 6. The van der Waals surface area contributed by atoms with Crippen LogP contribution >= 0.6 is 22.6 Å². The van der Waals surface area contributed by atoms with Crippen LogP contribution in [0.1, 0.15) is 64.7 Å². The highest BCUT2D eigenvalue weighted by atomic mass is 127. The van der Waals surface area contributed by atoms with E-state index in [-0.39, 0.29) is 0 Å². The van der Waals surface area contributed by atoms with E-state index in [2.05, 4.69) is 29.5 Å². The summed E-state index contributed by atoms with van der Waals surface area (Å²) in [7, 11) is 0. The van der Waals surface area contributed by atoms with Crippen molar-refractivity contribution < 1.29 is 0 Å². The minimum atomic E-state index is 1.08. The van der Waals surface area contributed by atoms with Crippen LogP contribution in [0.4, 0.5) is 0 Å². The molecule has 1 saturated carbocycles. The van der Waals surface area contributed by atoms with Crippen LogP contribution in [0, 0.1) is 11.8 Å². The van der Waals surface area contributed by atoms with E-state index in [4.69, 9.17) is 0 Å². The molecular formula is C13H25I. The third-order valence-corrected chi connectivity index (χ3v) is 4.32. The first-order valence-corrected chi connectivity index (χ1v) is 7.95. The fourth-order valence-corrected chi connectivity index (χ4v) is 3.53. The summed E-state index contributed by atoms with van der Waals surface area (Å²) in [5.41, 5.74) is 0. The van der Waals surface area contributed by atoms with Gasteiger partial charge in [0, 0.05) is 0 Å². The first-order chi connectivity index (χ1) is 6.86. The van der Waals surface area contributed by atoms with Crippen LogP contribution in [0.2, 0.25) is 0 Å². The van der Waals surface area contributed by atoms with Crippen LogP contribution in [0.15, 0.2) is 0 Å². The largest absolute Gasteiger partial charge is 0.0864 e. The molecule has 1 rings (SSSR count). The Balaban J connectivity index is 2.03. The Hall–Kier alpha value is 0.730. The van der Waals surface area contributed by atoms with E-state index in [1.54, 1.807) is 0 Å². The molecule has 1 heteroatoms. The second-order valence-corrected chi connectivity index (χ2v) is 5.94. The Kier molecular flexibility index (Phi) is 7.27. The van der Waals surface area contributed by atoms with Crippen molar-refractivity contribution in [1.82, 2.24) is 0 Å². The van der Waals surface area contributed by atoms with Gasteiger partial charge in [0.1, 0.15) is 0 Å². The van der Waals surface area contributed by atoms with Gasteiger partial charge in [-0.15, -0.1) is 0 Å². The summed E-state index contributed by atoms with van der Waals surface area (Å²) in [5, 5.41) is 0. The summed E-state index contributed by atoms with van der Waals surface area (Å²) >= 11 is 2.52. The van der Waals surface area contributed by atoms with Crippen LogP contribution in [0.5, 0.6) is 0 Å². The van der Waals surface area contributed by atoms with Gasteiger partial charge in [-0.2, -0.15) is 0 Å². The van der Waals surface area contributed by atoms with E-state index >= 15 is 0 Å². The summed E-state index contributed by atoms with van der Waals surface area (Å²) < 4.78 is 1.36. The third-order valence-electron chi connectivity index (χ3n) is 3.70. The van der Waals surface area contributed by atoms with Gasteiger partial charge in [-0.05, 0) is 22.7 Å². The van der Waals surface area contributed by atoms with Crippen molar-refractivity contribution in [1.29, 1.82) is 0 Å². The van der Waals surface area contributed by atoms with Crippen molar-refractivity contribution in [2.75, 3.05) is 4.43 Å². The van der Waals surface area contributed by atoms with Gasteiger partial charge in [0.05, 0.1) is 0 Å². The summed E-state index contributed by atoms with van der Waals surface area (Å²) in [6.07, 6.45) is 13.4. The quantitative estimate of drug-likeness (QED) is 0.359. The number of hydrogen-bond donors (Lipinski definition) is 0. The summed E-state index contributed by atoms with van der Waals surface area (Å²) in [6.45, 7) is 2.30. The van der Waals surface area contributed by atoms with Crippen molar-refractivity contribution in [2.24, 2.45) is 11.8 Å².